The lowest BCUT2D eigenvalue weighted by Crippen LogP contribution is -2.47. The Kier molecular flexibility index (Phi) is 5.15. The van der Waals surface area contributed by atoms with Gasteiger partial charge in [0, 0.05) is 39.3 Å². The van der Waals surface area contributed by atoms with Crippen LogP contribution in [0.2, 0.25) is 0 Å². The summed E-state index contributed by atoms with van der Waals surface area (Å²) in [5.41, 5.74) is 0. The Morgan fingerprint density at radius 3 is 2.26 bits per heavy atom. The highest BCUT2D eigenvalue weighted by molar-refractivity contribution is 6.34. The number of hydrogen-bond acceptors (Lipinski definition) is 4. The molecule has 2 aliphatic heterocycles. The SMILES string of the molecule is CN1CCCN(C(=O)C(=O)N2CCCNCC2)CC1. The molecule has 0 radical (unpaired) electrons. The molecule has 0 bridgehead atoms. The highest BCUT2D eigenvalue weighted by Crippen LogP contribution is 2.05. The van der Waals surface area contributed by atoms with Crippen molar-refractivity contribution >= 4 is 11.8 Å². The number of nitrogens with zero attached hydrogens (tertiary/aromatic N) is 3. The van der Waals surface area contributed by atoms with E-state index in [1.807, 2.05) is 0 Å². The minimum Gasteiger partial charge on any atom is -0.333 e. The Hall–Kier alpha value is -1.14. The molecule has 2 rings (SSSR count). The largest absolute Gasteiger partial charge is 0.333 e. The average Bonchev–Trinajstić information content (AvgIpc) is 2.79. The standard InChI is InChI=1S/C13H24N4O2/c1-15-6-3-8-17(11-10-15)13(19)12(18)16-7-2-4-14-5-9-16/h14H,2-11H2,1H3. The molecular formula is C13H24N4O2. The fourth-order valence-corrected chi connectivity index (χ4v) is 2.57. The van der Waals surface area contributed by atoms with E-state index >= 15 is 0 Å². The zero-order chi connectivity index (χ0) is 13.7. The fraction of sp³-hybridized carbons (Fsp3) is 0.846. The summed E-state index contributed by atoms with van der Waals surface area (Å²) in [6.07, 6.45) is 1.86. The van der Waals surface area contributed by atoms with Crippen molar-refractivity contribution in [2.24, 2.45) is 0 Å². The molecule has 2 aliphatic rings. The average molecular weight is 268 g/mol. The highest BCUT2D eigenvalue weighted by Gasteiger charge is 2.28. The Bertz CT molecular complexity index is 327. The van der Waals surface area contributed by atoms with E-state index < -0.39 is 0 Å². The van der Waals surface area contributed by atoms with Crippen molar-refractivity contribution in [1.29, 1.82) is 0 Å². The van der Waals surface area contributed by atoms with E-state index in [1.54, 1.807) is 9.80 Å². The van der Waals surface area contributed by atoms with Gasteiger partial charge in [-0.2, -0.15) is 0 Å². The molecule has 0 unspecified atom stereocenters. The van der Waals surface area contributed by atoms with Crippen LogP contribution in [0.3, 0.4) is 0 Å². The number of amides is 2. The Morgan fingerprint density at radius 1 is 0.789 bits per heavy atom. The van der Waals surface area contributed by atoms with Crippen molar-refractivity contribution in [3.63, 3.8) is 0 Å². The monoisotopic (exact) mass is 268 g/mol. The second-order valence-corrected chi connectivity index (χ2v) is 5.34. The summed E-state index contributed by atoms with van der Waals surface area (Å²) in [6, 6.07) is 0. The maximum absolute atomic E-state index is 12.3. The molecule has 2 fully saturated rings. The number of carbonyl (C=O) groups excluding carboxylic acids is 2. The van der Waals surface area contributed by atoms with Gasteiger partial charge in [-0.05, 0) is 33.0 Å². The van der Waals surface area contributed by atoms with Gasteiger partial charge in [-0.3, -0.25) is 9.59 Å². The summed E-state index contributed by atoms with van der Waals surface area (Å²) in [5.74, 6) is -0.648. The van der Waals surface area contributed by atoms with Crippen molar-refractivity contribution in [3.05, 3.63) is 0 Å². The summed E-state index contributed by atoms with van der Waals surface area (Å²) in [7, 11) is 2.05. The predicted molar refractivity (Wildman–Crippen MR) is 72.8 cm³/mol. The van der Waals surface area contributed by atoms with Gasteiger partial charge in [-0.1, -0.05) is 0 Å². The Balaban J connectivity index is 1.91. The quantitative estimate of drug-likeness (QED) is 0.571. The smallest absolute Gasteiger partial charge is 0.312 e. The van der Waals surface area contributed by atoms with E-state index in [-0.39, 0.29) is 11.8 Å². The molecule has 19 heavy (non-hydrogen) atoms. The van der Waals surface area contributed by atoms with Crippen molar-refractivity contribution in [2.45, 2.75) is 12.8 Å². The van der Waals surface area contributed by atoms with Crippen LogP contribution in [0.5, 0.6) is 0 Å². The molecule has 0 aromatic heterocycles. The molecule has 0 aromatic rings. The lowest BCUT2D eigenvalue weighted by Gasteiger charge is -2.25. The van der Waals surface area contributed by atoms with Crippen LogP contribution in [0.25, 0.3) is 0 Å². The number of rotatable bonds is 0. The molecular weight excluding hydrogens is 244 g/mol. The summed E-state index contributed by atoms with van der Waals surface area (Å²) in [6.45, 7) is 6.22. The van der Waals surface area contributed by atoms with E-state index in [0.29, 0.717) is 26.2 Å². The summed E-state index contributed by atoms with van der Waals surface area (Å²) < 4.78 is 0. The first-order valence-corrected chi connectivity index (χ1v) is 7.16. The lowest BCUT2D eigenvalue weighted by atomic mass is 10.3. The number of nitrogens with one attached hydrogen (secondary N) is 1. The second kappa shape index (κ2) is 6.86. The minimum absolute atomic E-state index is 0.322. The maximum atomic E-state index is 12.3. The van der Waals surface area contributed by atoms with Gasteiger partial charge in [0.2, 0.25) is 0 Å². The third-order valence-corrected chi connectivity index (χ3v) is 3.82. The van der Waals surface area contributed by atoms with Crippen LogP contribution < -0.4 is 5.32 Å². The zero-order valence-electron chi connectivity index (χ0n) is 11.7. The maximum Gasteiger partial charge on any atom is 0.312 e. The van der Waals surface area contributed by atoms with Gasteiger partial charge < -0.3 is 20.0 Å². The molecule has 2 heterocycles. The number of likely N-dealkylation sites (N-methyl/N-ethyl adjacent to an activating group) is 1. The highest BCUT2D eigenvalue weighted by atomic mass is 16.2. The lowest BCUT2D eigenvalue weighted by molar-refractivity contribution is -0.151. The molecule has 0 spiro atoms. The molecule has 6 heteroatoms. The minimum atomic E-state index is -0.326. The summed E-state index contributed by atoms with van der Waals surface area (Å²) >= 11 is 0. The normalized spacial score (nSPS) is 22.8. The van der Waals surface area contributed by atoms with Crippen LogP contribution in [0.4, 0.5) is 0 Å². The molecule has 6 nitrogen and oxygen atoms in total. The van der Waals surface area contributed by atoms with Gasteiger partial charge in [0.25, 0.3) is 0 Å². The van der Waals surface area contributed by atoms with Crippen LogP contribution in [-0.4, -0.2) is 85.9 Å². The van der Waals surface area contributed by atoms with E-state index in [2.05, 4.69) is 17.3 Å². The molecule has 0 aliphatic carbocycles. The first-order chi connectivity index (χ1) is 9.18. The summed E-state index contributed by atoms with van der Waals surface area (Å²) in [4.78, 5) is 30.1. The number of hydrogen-bond donors (Lipinski definition) is 1. The zero-order valence-corrected chi connectivity index (χ0v) is 11.7. The van der Waals surface area contributed by atoms with Crippen molar-refractivity contribution in [1.82, 2.24) is 20.0 Å². The van der Waals surface area contributed by atoms with Crippen LogP contribution in [0.15, 0.2) is 0 Å². The van der Waals surface area contributed by atoms with Gasteiger partial charge >= 0.3 is 11.8 Å². The van der Waals surface area contributed by atoms with Gasteiger partial charge in [0.1, 0.15) is 0 Å². The van der Waals surface area contributed by atoms with Crippen LogP contribution in [0.1, 0.15) is 12.8 Å². The van der Waals surface area contributed by atoms with Crippen molar-refractivity contribution in [3.8, 4) is 0 Å². The van der Waals surface area contributed by atoms with E-state index in [1.165, 1.54) is 0 Å². The topological polar surface area (TPSA) is 55.9 Å². The molecule has 108 valence electrons. The Labute approximate surface area is 114 Å². The Morgan fingerprint density at radius 2 is 1.47 bits per heavy atom. The van der Waals surface area contributed by atoms with Crippen molar-refractivity contribution in [2.75, 3.05) is 59.4 Å². The molecule has 2 amide bonds. The molecule has 0 atom stereocenters. The van der Waals surface area contributed by atoms with E-state index in [9.17, 15) is 9.59 Å². The van der Waals surface area contributed by atoms with Gasteiger partial charge in [-0.25, -0.2) is 0 Å². The summed E-state index contributed by atoms with van der Waals surface area (Å²) in [5, 5.41) is 3.24. The predicted octanol–water partition coefficient (Wildman–Crippen LogP) is -1.03. The van der Waals surface area contributed by atoms with Gasteiger partial charge in [0.05, 0.1) is 0 Å². The first-order valence-electron chi connectivity index (χ1n) is 7.16. The molecule has 1 N–H and O–H groups in total. The van der Waals surface area contributed by atoms with E-state index in [4.69, 9.17) is 0 Å². The molecule has 2 saturated heterocycles. The third-order valence-electron chi connectivity index (χ3n) is 3.82. The van der Waals surface area contributed by atoms with E-state index in [0.717, 1.165) is 39.0 Å². The van der Waals surface area contributed by atoms with Crippen molar-refractivity contribution < 1.29 is 9.59 Å². The van der Waals surface area contributed by atoms with Crippen LogP contribution in [0, 0.1) is 0 Å². The van der Waals surface area contributed by atoms with Gasteiger partial charge in [0.15, 0.2) is 0 Å². The second-order valence-electron chi connectivity index (χ2n) is 5.34. The third kappa shape index (κ3) is 3.91. The number of carbonyl (C=O) groups is 2. The van der Waals surface area contributed by atoms with Crippen LogP contribution in [-0.2, 0) is 9.59 Å². The van der Waals surface area contributed by atoms with Crippen LogP contribution >= 0.6 is 0 Å². The molecule has 0 saturated carbocycles. The van der Waals surface area contributed by atoms with Gasteiger partial charge in [-0.15, -0.1) is 0 Å². The molecule has 0 aromatic carbocycles. The first kappa shape index (κ1) is 14.3. The fourth-order valence-electron chi connectivity index (χ4n) is 2.57.